The zero-order chi connectivity index (χ0) is 15.1. The summed E-state index contributed by atoms with van der Waals surface area (Å²) < 4.78 is 5.21. The quantitative estimate of drug-likeness (QED) is 0.816. The Hall–Kier alpha value is -1.06. The Kier molecular flexibility index (Phi) is 6.07. The summed E-state index contributed by atoms with van der Waals surface area (Å²) in [4.78, 5) is 2.43. The van der Waals surface area contributed by atoms with E-state index in [0.29, 0.717) is 5.41 Å². The molecule has 1 aromatic rings. The van der Waals surface area contributed by atoms with E-state index >= 15 is 0 Å². The summed E-state index contributed by atoms with van der Waals surface area (Å²) >= 11 is 0. The number of nitrogens with zero attached hydrogens (tertiary/aromatic N) is 1. The summed E-state index contributed by atoms with van der Waals surface area (Å²) in [6.45, 7) is 2.90. The number of nitrogens with two attached hydrogens (primary N) is 1. The van der Waals surface area contributed by atoms with Crippen LogP contribution in [0.4, 0.5) is 0 Å². The normalized spacial score (nSPS) is 18.5. The standard InChI is InChI=1S/C18H30N2O/c1-20(13-16-7-9-17(21-2)10-8-16)15-18(14-19)11-5-3-4-6-12-18/h7-10H,3-6,11-15,19H2,1-2H3. The lowest BCUT2D eigenvalue weighted by atomic mass is 9.80. The van der Waals surface area contributed by atoms with Crippen LogP contribution in [0.3, 0.4) is 0 Å². The van der Waals surface area contributed by atoms with Crippen LogP contribution in [-0.2, 0) is 6.54 Å². The van der Waals surface area contributed by atoms with Crippen LogP contribution in [0.15, 0.2) is 24.3 Å². The lowest BCUT2D eigenvalue weighted by molar-refractivity contribution is 0.153. The molecular formula is C18H30N2O. The molecule has 0 unspecified atom stereocenters. The summed E-state index contributed by atoms with van der Waals surface area (Å²) in [5.41, 5.74) is 7.81. The first-order chi connectivity index (χ1) is 10.2. The van der Waals surface area contributed by atoms with Gasteiger partial charge < -0.3 is 15.4 Å². The van der Waals surface area contributed by atoms with Gasteiger partial charge in [0.05, 0.1) is 7.11 Å². The van der Waals surface area contributed by atoms with Crippen LogP contribution in [0.25, 0.3) is 0 Å². The topological polar surface area (TPSA) is 38.5 Å². The van der Waals surface area contributed by atoms with Crippen molar-refractivity contribution in [1.82, 2.24) is 4.90 Å². The first-order valence-corrected chi connectivity index (χ1v) is 8.19. The van der Waals surface area contributed by atoms with Gasteiger partial charge in [-0.15, -0.1) is 0 Å². The average molecular weight is 290 g/mol. The van der Waals surface area contributed by atoms with Gasteiger partial charge in [-0.05, 0) is 49.5 Å². The van der Waals surface area contributed by atoms with Gasteiger partial charge in [-0.25, -0.2) is 0 Å². The Morgan fingerprint density at radius 1 is 1.10 bits per heavy atom. The van der Waals surface area contributed by atoms with Gasteiger partial charge in [0.1, 0.15) is 5.75 Å². The van der Waals surface area contributed by atoms with Crippen molar-refractivity contribution in [2.75, 3.05) is 27.2 Å². The largest absolute Gasteiger partial charge is 0.497 e. The third-order valence-electron chi connectivity index (χ3n) is 4.81. The summed E-state index contributed by atoms with van der Waals surface area (Å²) in [5, 5.41) is 0. The van der Waals surface area contributed by atoms with Gasteiger partial charge in [0.2, 0.25) is 0 Å². The summed E-state index contributed by atoms with van der Waals surface area (Å²) in [6, 6.07) is 8.37. The first kappa shape index (κ1) is 16.3. The fourth-order valence-corrected chi connectivity index (χ4v) is 3.58. The van der Waals surface area contributed by atoms with Gasteiger partial charge in [0, 0.05) is 13.1 Å². The van der Waals surface area contributed by atoms with Gasteiger partial charge in [-0.1, -0.05) is 37.8 Å². The average Bonchev–Trinajstić information content (AvgIpc) is 2.74. The Bertz CT molecular complexity index is 408. The molecular weight excluding hydrogens is 260 g/mol. The molecule has 0 atom stereocenters. The molecule has 0 aliphatic heterocycles. The predicted molar refractivity (Wildman–Crippen MR) is 88.5 cm³/mol. The van der Waals surface area contributed by atoms with Crippen LogP contribution >= 0.6 is 0 Å². The van der Waals surface area contributed by atoms with E-state index in [9.17, 15) is 0 Å². The highest BCUT2D eigenvalue weighted by Gasteiger charge is 2.30. The Morgan fingerprint density at radius 2 is 1.71 bits per heavy atom. The van der Waals surface area contributed by atoms with Crippen molar-refractivity contribution in [3.8, 4) is 5.75 Å². The highest BCUT2D eigenvalue weighted by Crippen LogP contribution is 2.35. The molecule has 2 N–H and O–H groups in total. The molecule has 118 valence electrons. The van der Waals surface area contributed by atoms with E-state index in [1.54, 1.807) is 7.11 Å². The second kappa shape index (κ2) is 7.81. The lowest BCUT2D eigenvalue weighted by Crippen LogP contribution is -2.40. The van der Waals surface area contributed by atoms with Gasteiger partial charge >= 0.3 is 0 Å². The predicted octanol–water partition coefficient (Wildman–Crippen LogP) is 3.43. The molecule has 1 saturated carbocycles. The van der Waals surface area contributed by atoms with Gasteiger partial charge in [0.25, 0.3) is 0 Å². The van der Waals surface area contributed by atoms with E-state index in [-0.39, 0.29) is 0 Å². The second-order valence-corrected chi connectivity index (χ2v) is 6.64. The first-order valence-electron chi connectivity index (χ1n) is 8.19. The molecule has 0 amide bonds. The second-order valence-electron chi connectivity index (χ2n) is 6.64. The molecule has 1 aromatic carbocycles. The summed E-state index contributed by atoms with van der Waals surface area (Å²) in [5.74, 6) is 0.920. The molecule has 0 bridgehead atoms. The molecule has 3 heteroatoms. The summed E-state index contributed by atoms with van der Waals surface area (Å²) in [7, 11) is 3.92. The molecule has 0 aromatic heterocycles. The van der Waals surface area contributed by atoms with Gasteiger partial charge in [-0.2, -0.15) is 0 Å². The Balaban J connectivity index is 1.93. The number of rotatable bonds is 6. The third-order valence-corrected chi connectivity index (χ3v) is 4.81. The SMILES string of the molecule is COc1ccc(CN(C)CC2(CN)CCCCCC2)cc1. The highest BCUT2D eigenvalue weighted by atomic mass is 16.5. The van der Waals surface area contributed by atoms with Crippen molar-refractivity contribution in [3.05, 3.63) is 29.8 Å². The van der Waals surface area contributed by atoms with Crippen molar-refractivity contribution < 1.29 is 4.74 Å². The number of hydrogen-bond acceptors (Lipinski definition) is 3. The van der Waals surface area contributed by atoms with Crippen LogP contribution in [0.5, 0.6) is 5.75 Å². The van der Waals surface area contributed by atoms with Crippen LogP contribution < -0.4 is 10.5 Å². The number of ether oxygens (including phenoxy) is 1. The monoisotopic (exact) mass is 290 g/mol. The zero-order valence-electron chi connectivity index (χ0n) is 13.6. The van der Waals surface area contributed by atoms with E-state index < -0.39 is 0 Å². The minimum absolute atomic E-state index is 0.331. The van der Waals surface area contributed by atoms with Crippen LogP contribution in [0.2, 0.25) is 0 Å². The minimum Gasteiger partial charge on any atom is -0.497 e. The third kappa shape index (κ3) is 4.72. The number of hydrogen-bond donors (Lipinski definition) is 1. The minimum atomic E-state index is 0.331. The number of benzene rings is 1. The van der Waals surface area contributed by atoms with Crippen molar-refractivity contribution in [2.24, 2.45) is 11.1 Å². The molecule has 1 fully saturated rings. The van der Waals surface area contributed by atoms with Gasteiger partial charge in [0.15, 0.2) is 0 Å². The van der Waals surface area contributed by atoms with Crippen LogP contribution in [0, 0.1) is 5.41 Å². The van der Waals surface area contributed by atoms with Gasteiger partial charge in [-0.3, -0.25) is 0 Å². The maximum atomic E-state index is 6.14. The van der Waals surface area contributed by atoms with Crippen LogP contribution in [-0.4, -0.2) is 32.1 Å². The molecule has 2 rings (SSSR count). The molecule has 1 aliphatic carbocycles. The van der Waals surface area contributed by atoms with E-state index in [1.165, 1.54) is 44.1 Å². The fraction of sp³-hybridized carbons (Fsp3) is 0.667. The zero-order valence-corrected chi connectivity index (χ0v) is 13.6. The van der Waals surface area contributed by atoms with Crippen molar-refractivity contribution in [3.63, 3.8) is 0 Å². The molecule has 0 spiro atoms. The van der Waals surface area contributed by atoms with Crippen molar-refractivity contribution in [1.29, 1.82) is 0 Å². The van der Waals surface area contributed by atoms with E-state index in [2.05, 4.69) is 24.1 Å². The lowest BCUT2D eigenvalue weighted by Gasteiger charge is -2.35. The molecule has 21 heavy (non-hydrogen) atoms. The molecule has 0 heterocycles. The Morgan fingerprint density at radius 3 is 2.24 bits per heavy atom. The van der Waals surface area contributed by atoms with E-state index in [4.69, 9.17) is 10.5 Å². The van der Waals surface area contributed by atoms with E-state index in [1.807, 2.05) is 12.1 Å². The summed E-state index contributed by atoms with van der Waals surface area (Å²) in [6.07, 6.45) is 8.02. The van der Waals surface area contributed by atoms with Crippen molar-refractivity contribution in [2.45, 2.75) is 45.1 Å². The van der Waals surface area contributed by atoms with Crippen LogP contribution in [0.1, 0.15) is 44.1 Å². The van der Waals surface area contributed by atoms with E-state index in [0.717, 1.165) is 25.4 Å². The fourth-order valence-electron chi connectivity index (χ4n) is 3.58. The molecule has 0 radical (unpaired) electrons. The maximum absolute atomic E-state index is 6.14. The smallest absolute Gasteiger partial charge is 0.118 e. The maximum Gasteiger partial charge on any atom is 0.118 e. The molecule has 0 saturated heterocycles. The highest BCUT2D eigenvalue weighted by molar-refractivity contribution is 5.27. The number of methoxy groups -OCH3 is 1. The Labute approximate surface area is 129 Å². The van der Waals surface area contributed by atoms with Crippen molar-refractivity contribution >= 4 is 0 Å². The molecule has 3 nitrogen and oxygen atoms in total. The molecule has 1 aliphatic rings.